The van der Waals surface area contributed by atoms with Crippen LogP contribution >= 0.6 is 67.1 Å². The third-order valence-electron chi connectivity index (χ3n) is 9.70. The topological polar surface area (TPSA) is 9.72 Å². The van der Waals surface area contributed by atoms with E-state index in [9.17, 15) is 0 Å². The van der Waals surface area contributed by atoms with E-state index >= 15 is 0 Å². The van der Waals surface area contributed by atoms with Crippen molar-refractivity contribution in [3.63, 3.8) is 0 Å². The summed E-state index contributed by atoms with van der Waals surface area (Å²) in [4.78, 5) is 15.1. The zero-order valence-corrected chi connectivity index (χ0v) is 33.5. The number of nitrogens with zero attached hydrogens (tertiary/aromatic N) is 3. The van der Waals surface area contributed by atoms with Crippen molar-refractivity contribution in [1.82, 2.24) is 0 Å². The molecule has 248 valence electrons. The van der Waals surface area contributed by atoms with Crippen LogP contribution in [0.5, 0.6) is 0 Å². The van der Waals surface area contributed by atoms with Crippen LogP contribution in [0.1, 0.15) is 20.8 Å². The highest BCUT2D eigenvalue weighted by Gasteiger charge is 2.27. The van der Waals surface area contributed by atoms with Crippen LogP contribution in [-0.4, -0.2) is 19.6 Å². The van der Waals surface area contributed by atoms with Crippen LogP contribution in [-0.2, 0) is 0 Å². The normalized spacial score (nSPS) is 14.0. The molecule has 3 aliphatic rings. The number of fused-ring (bicyclic) bond motifs is 6. The van der Waals surface area contributed by atoms with Crippen molar-refractivity contribution >= 4 is 101 Å². The molecular weight excluding hydrogens is 802 g/mol. The minimum atomic E-state index is 0.911. The zero-order valence-electron chi connectivity index (χ0n) is 27.8. The van der Waals surface area contributed by atoms with Gasteiger partial charge in [0.05, 0.1) is 34.1 Å². The summed E-state index contributed by atoms with van der Waals surface area (Å²) in [5.74, 6) is 0. The summed E-state index contributed by atoms with van der Waals surface area (Å²) in [6.07, 6.45) is 0. The Balaban J connectivity index is 1.04. The van der Waals surface area contributed by atoms with Gasteiger partial charge in [-0.2, -0.15) is 0 Å². The van der Waals surface area contributed by atoms with Crippen LogP contribution in [0.3, 0.4) is 0 Å². The molecule has 0 unspecified atom stereocenters. The van der Waals surface area contributed by atoms with Crippen LogP contribution in [0.25, 0.3) is 22.3 Å². The SMILES string of the molecule is CCN1c2ccc(Br)cc2Sc2cc(-c3ccc4c(c3)Sc3cc(-c5ccc6c(c5)Sc5cc(Br)ccc5N6CC)ccc3N4CC)ccc21. The molecule has 0 atom stereocenters. The third kappa shape index (κ3) is 5.50. The fourth-order valence-corrected chi connectivity index (χ4v) is 11.9. The van der Waals surface area contributed by atoms with Gasteiger partial charge in [-0.05, 0) is 128 Å². The molecule has 3 aliphatic heterocycles. The number of benzene rings is 6. The lowest BCUT2D eigenvalue weighted by molar-refractivity contribution is 0.977. The minimum absolute atomic E-state index is 0.911. The van der Waals surface area contributed by atoms with Gasteiger partial charge in [-0.1, -0.05) is 91.4 Å². The van der Waals surface area contributed by atoms with Crippen LogP contribution in [0.15, 0.2) is 148 Å². The molecule has 6 aromatic rings. The molecule has 0 fully saturated rings. The lowest BCUT2D eigenvalue weighted by atomic mass is 10.0. The van der Waals surface area contributed by atoms with E-state index in [1.54, 1.807) is 0 Å². The summed E-state index contributed by atoms with van der Waals surface area (Å²) in [6.45, 7) is 9.47. The average Bonchev–Trinajstić information content (AvgIpc) is 3.13. The number of anilines is 6. The Labute approximate surface area is 323 Å². The minimum Gasteiger partial charge on any atom is -0.340 e. The van der Waals surface area contributed by atoms with Gasteiger partial charge in [0.1, 0.15) is 0 Å². The van der Waals surface area contributed by atoms with Gasteiger partial charge in [-0.15, -0.1) is 0 Å². The van der Waals surface area contributed by atoms with E-state index in [-0.39, 0.29) is 0 Å². The first kappa shape index (κ1) is 32.6. The molecule has 0 spiro atoms. The van der Waals surface area contributed by atoms with Crippen molar-refractivity contribution in [3.8, 4) is 22.3 Å². The van der Waals surface area contributed by atoms with Crippen LogP contribution < -0.4 is 14.7 Å². The molecule has 0 saturated heterocycles. The number of halogens is 2. The van der Waals surface area contributed by atoms with Crippen molar-refractivity contribution in [2.45, 2.75) is 50.1 Å². The van der Waals surface area contributed by atoms with E-state index in [0.29, 0.717) is 0 Å². The summed E-state index contributed by atoms with van der Waals surface area (Å²) in [6, 6.07) is 41.1. The van der Waals surface area contributed by atoms with Gasteiger partial charge in [0, 0.05) is 58.0 Å². The van der Waals surface area contributed by atoms with Gasteiger partial charge in [0.15, 0.2) is 0 Å². The molecule has 9 rings (SSSR count). The smallest absolute Gasteiger partial charge is 0.0553 e. The fourth-order valence-electron chi connectivity index (χ4n) is 7.35. The van der Waals surface area contributed by atoms with E-state index in [4.69, 9.17) is 0 Å². The Morgan fingerprint density at radius 2 is 0.600 bits per heavy atom. The van der Waals surface area contributed by atoms with Gasteiger partial charge in [-0.25, -0.2) is 0 Å². The molecule has 0 aromatic heterocycles. The molecule has 8 heteroatoms. The van der Waals surface area contributed by atoms with Crippen LogP contribution in [0.4, 0.5) is 34.1 Å². The van der Waals surface area contributed by atoms with Crippen LogP contribution in [0.2, 0.25) is 0 Å². The summed E-state index contributed by atoms with van der Waals surface area (Å²) < 4.78 is 2.23. The van der Waals surface area contributed by atoms with Gasteiger partial charge in [-0.3, -0.25) is 0 Å². The molecule has 3 nitrogen and oxygen atoms in total. The summed E-state index contributed by atoms with van der Waals surface area (Å²) >= 11 is 13.0. The number of hydrogen-bond donors (Lipinski definition) is 0. The standard InChI is InChI=1S/C42H33Br2N3S3/c1-4-45-31-13-7-25(27-9-15-33-39(21-27)49-41-23-29(43)11-17-35(41)46(33)5-2)19-37(31)48-38-20-26(8-14-32(38)45)28-10-16-34-40(22-28)50-42-24-30(44)12-18-36(42)47(34)6-3/h7-24H,4-6H2,1-3H3. The zero-order chi connectivity index (χ0) is 34.1. The van der Waals surface area contributed by atoms with Gasteiger partial charge >= 0.3 is 0 Å². The number of hydrogen-bond acceptors (Lipinski definition) is 6. The molecule has 0 radical (unpaired) electrons. The van der Waals surface area contributed by atoms with Crippen molar-refractivity contribution in [3.05, 3.63) is 118 Å². The molecule has 50 heavy (non-hydrogen) atoms. The average molecular weight is 836 g/mol. The Hall–Kier alpha value is -3.27. The highest BCUT2D eigenvalue weighted by atomic mass is 79.9. The Kier molecular flexibility index (Phi) is 8.52. The van der Waals surface area contributed by atoms with E-state index in [0.717, 1.165) is 28.6 Å². The van der Waals surface area contributed by atoms with E-state index in [1.807, 2.05) is 35.3 Å². The molecule has 0 bridgehead atoms. The summed E-state index contributed by atoms with van der Waals surface area (Å²) in [7, 11) is 0. The molecular formula is C42H33Br2N3S3. The molecule has 6 aromatic carbocycles. The maximum atomic E-state index is 3.68. The first-order chi connectivity index (χ1) is 24.4. The second-order valence-electron chi connectivity index (χ2n) is 12.5. The van der Waals surface area contributed by atoms with Gasteiger partial charge < -0.3 is 14.7 Å². The predicted octanol–water partition coefficient (Wildman–Crippen LogP) is 14.4. The Morgan fingerprint density at radius 3 is 0.860 bits per heavy atom. The quantitative estimate of drug-likeness (QED) is 0.170. The lowest BCUT2D eigenvalue weighted by Crippen LogP contribution is -2.20. The summed E-state index contributed by atoms with van der Waals surface area (Å²) in [5.41, 5.74) is 12.7. The van der Waals surface area contributed by atoms with Crippen molar-refractivity contribution < 1.29 is 0 Å². The molecule has 0 N–H and O–H groups in total. The highest BCUT2D eigenvalue weighted by molar-refractivity contribution is 9.10. The molecule has 3 heterocycles. The third-order valence-corrected chi connectivity index (χ3v) is 14.0. The summed E-state index contributed by atoms with van der Waals surface area (Å²) in [5, 5.41) is 0. The van der Waals surface area contributed by atoms with Gasteiger partial charge in [0.2, 0.25) is 0 Å². The first-order valence-corrected chi connectivity index (χ1v) is 21.0. The Morgan fingerprint density at radius 1 is 0.360 bits per heavy atom. The maximum absolute atomic E-state index is 3.68. The molecule has 0 amide bonds. The second kappa shape index (κ2) is 13.1. The fraction of sp³-hybridized carbons (Fsp3) is 0.143. The Bertz CT molecular complexity index is 2180. The van der Waals surface area contributed by atoms with Gasteiger partial charge in [0.25, 0.3) is 0 Å². The molecule has 0 aliphatic carbocycles. The van der Waals surface area contributed by atoms with Crippen molar-refractivity contribution in [2.75, 3.05) is 34.3 Å². The first-order valence-electron chi connectivity index (χ1n) is 16.9. The molecule has 0 saturated carbocycles. The van der Waals surface area contributed by atoms with E-state index in [2.05, 4.69) is 177 Å². The number of rotatable bonds is 5. The highest BCUT2D eigenvalue weighted by Crippen LogP contribution is 2.54. The van der Waals surface area contributed by atoms with E-state index < -0.39 is 0 Å². The van der Waals surface area contributed by atoms with E-state index in [1.165, 1.54) is 85.8 Å². The van der Waals surface area contributed by atoms with Crippen molar-refractivity contribution in [1.29, 1.82) is 0 Å². The van der Waals surface area contributed by atoms with Crippen LogP contribution in [0, 0.1) is 0 Å². The monoisotopic (exact) mass is 833 g/mol. The predicted molar refractivity (Wildman–Crippen MR) is 222 cm³/mol. The maximum Gasteiger partial charge on any atom is 0.0553 e. The lowest BCUT2D eigenvalue weighted by Gasteiger charge is -2.33. The van der Waals surface area contributed by atoms with Crippen molar-refractivity contribution in [2.24, 2.45) is 0 Å². The largest absolute Gasteiger partial charge is 0.340 e. The second-order valence-corrected chi connectivity index (χ2v) is 17.6.